The van der Waals surface area contributed by atoms with Crippen LogP contribution in [0.25, 0.3) is 0 Å². The molecule has 0 amide bonds. The lowest BCUT2D eigenvalue weighted by atomic mass is 9.93. The Morgan fingerprint density at radius 2 is 1.54 bits per heavy atom. The third-order valence-electron chi connectivity index (χ3n) is 6.86. The summed E-state index contributed by atoms with van der Waals surface area (Å²) in [4.78, 5) is 13.4. The Kier molecular flexibility index (Phi) is 8.78. The zero-order valence-electron chi connectivity index (χ0n) is 20.5. The van der Waals surface area contributed by atoms with Crippen LogP contribution < -0.4 is 10.6 Å². The van der Waals surface area contributed by atoms with Gasteiger partial charge in [0.25, 0.3) is 6.47 Å². The first-order valence-corrected chi connectivity index (χ1v) is 14.0. The molecule has 0 bridgehead atoms. The van der Waals surface area contributed by atoms with Gasteiger partial charge in [-0.2, -0.15) is 5.10 Å². The molecule has 2 saturated carbocycles. The molecule has 5 rings (SSSR count). The first-order valence-electron chi connectivity index (χ1n) is 12.6. The third kappa shape index (κ3) is 6.86. The Morgan fingerprint density at radius 3 is 2.22 bits per heavy atom. The molecular weight excluding hydrogens is 494 g/mol. The second-order valence-corrected chi connectivity index (χ2v) is 11.4. The van der Waals surface area contributed by atoms with Gasteiger partial charge in [0.05, 0.1) is 15.9 Å². The molecule has 3 aromatic rings. The van der Waals surface area contributed by atoms with Gasteiger partial charge in [-0.15, -0.1) is 0 Å². The Morgan fingerprint density at radius 1 is 0.892 bits per heavy atom. The van der Waals surface area contributed by atoms with Crippen molar-refractivity contribution in [3.05, 3.63) is 54.2 Å². The molecule has 198 valence electrons. The average Bonchev–Trinajstić information content (AvgIpc) is 3.59. The van der Waals surface area contributed by atoms with Crippen LogP contribution in [-0.2, 0) is 14.6 Å². The molecule has 1 aromatic carbocycles. The quantitative estimate of drug-likeness (QED) is 0.280. The van der Waals surface area contributed by atoms with E-state index in [1.807, 2.05) is 6.07 Å². The molecular formula is C26H33N5O5S. The Labute approximate surface area is 216 Å². The smallest absolute Gasteiger partial charge is 0.290 e. The van der Waals surface area contributed by atoms with Crippen molar-refractivity contribution >= 4 is 33.8 Å². The van der Waals surface area contributed by atoms with E-state index in [-0.39, 0.29) is 28.4 Å². The SMILES string of the molecule is O=CO.O=S(=O)(c1ccccc1)c1cc(Nc2cc(C3CCCC3)[nH]n2)nc(N[C@H]2CC[C@H](O)CC2)c1. The Bertz CT molecular complexity index is 1270. The first-order chi connectivity index (χ1) is 17.9. The number of pyridine rings is 1. The summed E-state index contributed by atoms with van der Waals surface area (Å²) in [5.41, 5.74) is 1.10. The second kappa shape index (κ2) is 12.2. The van der Waals surface area contributed by atoms with Gasteiger partial charge in [0.15, 0.2) is 5.82 Å². The summed E-state index contributed by atoms with van der Waals surface area (Å²) < 4.78 is 26.7. The minimum atomic E-state index is -3.72. The van der Waals surface area contributed by atoms with Crippen molar-refractivity contribution in [2.45, 2.75) is 79.2 Å². The summed E-state index contributed by atoms with van der Waals surface area (Å²) in [5.74, 6) is 2.03. The summed E-state index contributed by atoms with van der Waals surface area (Å²) in [6.07, 6.45) is 7.60. The molecule has 0 radical (unpaired) electrons. The van der Waals surface area contributed by atoms with Crippen LogP contribution in [0.2, 0.25) is 0 Å². The van der Waals surface area contributed by atoms with Gasteiger partial charge in [0.2, 0.25) is 9.84 Å². The van der Waals surface area contributed by atoms with E-state index in [1.165, 1.54) is 12.8 Å². The molecule has 2 heterocycles. The maximum absolute atomic E-state index is 13.4. The minimum absolute atomic E-state index is 0.137. The normalized spacial score (nSPS) is 20.0. The fourth-order valence-electron chi connectivity index (χ4n) is 4.94. The van der Waals surface area contributed by atoms with Gasteiger partial charge in [-0.1, -0.05) is 31.0 Å². The highest BCUT2D eigenvalue weighted by atomic mass is 32.2. The van der Waals surface area contributed by atoms with Gasteiger partial charge < -0.3 is 20.8 Å². The number of hydrogen-bond acceptors (Lipinski definition) is 8. The Hall–Kier alpha value is -3.44. The number of anilines is 3. The fraction of sp³-hybridized carbons (Fsp3) is 0.423. The molecule has 0 unspecified atom stereocenters. The number of carbonyl (C=O) groups is 1. The zero-order chi connectivity index (χ0) is 26.3. The number of aliphatic hydroxyl groups excluding tert-OH is 1. The number of sulfone groups is 1. The van der Waals surface area contributed by atoms with Crippen molar-refractivity contribution in [2.24, 2.45) is 0 Å². The van der Waals surface area contributed by atoms with E-state index < -0.39 is 9.84 Å². The number of carboxylic acid groups (broad SMARTS) is 1. The van der Waals surface area contributed by atoms with Crippen LogP contribution in [-0.4, -0.2) is 52.4 Å². The number of hydrogen-bond donors (Lipinski definition) is 5. The summed E-state index contributed by atoms with van der Waals surface area (Å²) in [5, 5.41) is 30.8. The Balaban J connectivity index is 0.00000102. The molecule has 5 N–H and O–H groups in total. The standard InChI is InChI=1S/C25H31N5O3S.CH2O2/c31-19-12-10-18(11-13-19)26-23-14-21(34(32,33)20-8-2-1-3-9-20)15-24(27-23)28-25-16-22(29-30-25)17-6-4-5-7-17;2-1-3/h1-3,8-9,14-19,31H,4-7,10-13H2,(H3,26,27,28,29,30);1H,(H,2,3)/t18-,19-;. The number of aliphatic hydroxyl groups is 1. The fourth-order valence-corrected chi connectivity index (χ4v) is 6.26. The van der Waals surface area contributed by atoms with Gasteiger partial charge in [-0.05, 0) is 56.7 Å². The van der Waals surface area contributed by atoms with Crippen LogP contribution in [0.1, 0.15) is 63.0 Å². The molecule has 2 aromatic heterocycles. The maximum atomic E-state index is 13.4. The van der Waals surface area contributed by atoms with Gasteiger partial charge in [0.1, 0.15) is 11.6 Å². The molecule has 2 fully saturated rings. The highest BCUT2D eigenvalue weighted by Gasteiger charge is 2.24. The highest BCUT2D eigenvalue weighted by Crippen LogP contribution is 2.34. The molecule has 11 heteroatoms. The van der Waals surface area contributed by atoms with E-state index in [2.05, 4.69) is 25.8 Å². The van der Waals surface area contributed by atoms with Crippen molar-refractivity contribution in [3.8, 4) is 0 Å². The van der Waals surface area contributed by atoms with Crippen molar-refractivity contribution in [1.29, 1.82) is 0 Å². The van der Waals surface area contributed by atoms with Crippen LogP contribution >= 0.6 is 0 Å². The molecule has 0 aliphatic heterocycles. The van der Waals surface area contributed by atoms with E-state index in [0.717, 1.165) is 44.2 Å². The topological polar surface area (TPSA) is 157 Å². The van der Waals surface area contributed by atoms with E-state index in [9.17, 15) is 13.5 Å². The third-order valence-corrected chi connectivity index (χ3v) is 8.61. The lowest BCUT2D eigenvalue weighted by Gasteiger charge is -2.27. The molecule has 0 saturated heterocycles. The van der Waals surface area contributed by atoms with Gasteiger partial charge >= 0.3 is 0 Å². The molecule has 37 heavy (non-hydrogen) atoms. The van der Waals surface area contributed by atoms with E-state index >= 15 is 0 Å². The number of H-pyrrole nitrogens is 1. The first kappa shape index (κ1) is 26.6. The second-order valence-electron chi connectivity index (χ2n) is 9.46. The highest BCUT2D eigenvalue weighted by molar-refractivity contribution is 7.91. The van der Waals surface area contributed by atoms with Crippen molar-refractivity contribution in [2.75, 3.05) is 10.6 Å². The number of rotatable bonds is 7. The zero-order valence-corrected chi connectivity index (χ0v) is 21.3. The van der Waals surface area contributed by atoms with Crippen molar-refractivity contribution in [1.82, 2.24) is 15.2 Å². The molecule has 2 aliphatic carbocycles. The van der Waals surface area contributed by atoms with Gasteiger partial charge in [0, 0.05) is 29.8 Å². The number of aromatic amines is 1. The lowest BCUT2D eigenvalue weighted by Crippen LogP contribution is -2.28. The van der Waals surface area contributed by atoms with Crippen LogP contribution in [0.4, 0.5) is 17.5 Å². The van der Waals surface area contributed by atoms with E-state index in [1.54, 1.807) is 42.5 Å². The van der Waals surface area contributed by atoms with Crippen LogP contribution in [0, 0.1) is 0 Å². The predicted octanol–water partition coefficient (Wildman–Crippen LogP) is 4.45. The number of benzene rings is 1. The number of nitrogens with zero attached hydrogens (tertiary/aromatic N) is 2. The summed E-state index contributed by atoms with van der Waals surface area (Å²) in [7, 11) is -3.72. The summed E-state index contributed by atoms with van der Waals surface area (Å²) >= 11 is 0. The summed E-state index contributed by atoms with van der Waals surface area (Å²) in [6.45, 7) is -0.250. The monoisotopic (exact) mass is 527 g/mol. The van der Waals surface area contributed by atoms with E-state index in [4.69, 9.17) is 9.90 Å². The summed E-state index contributed by atoms with van der Waals surface area (Å²) in [6, 6.07) is 13.7. The maximum Gasteiger partial charge on any atom is 0.290 e. The van der Waals surface area contributed by atoms with Crippen molar-refractivity contribution < 1.29 is 23.4 Å². The van der Waals surface area contributed by atoms with Crippen molar-refractivity contribution in [3.63, 3.8) is 0 Å². The largest absolute Gasteiger partial charge is 0.483 e. The molecule has 2 aliphatic rings. The molecule has 0 spiro atoms. The van der Waals surface area contributed by atoms with Crippen LogP contribution in [0.5, 0.6) is 0 Å². The molecule has 10 nitrogen and oxygen atoms in total. The minimum Gasteiger partial charge on any atom is -0.483 e. The van der Waals surface area contributed by atoms with Crippen LogP contribution in [0.15, 0.2) is 58.3 Å². The van der Waals surface area contributed by atoms with Gasteiger partial charge in [-0.25, -0.2) is 13.4 Å². The lowest BCUT2D eigenvalue weighted by molar-refractivity contribution is -0.122. The predicted molar refractivity (Wildman–Crippen MR) is 140 cm³/mol. The van der Waals surface area contributed by atoms with Crippen LogP contribution in [0.3, 0.4) is 0 Å². The van der Waals surface area contributed by atoms with Gasteiger partial charge in [-0.3, -0.25) is 9.89 Å². The number of nitrogens with one attached hydrogen (secondary N) is 3. The molecule has 0 atom stereocenters. The number of aromatic nitrogens is 3. The van der Waals surface area contributed by atoms with E-state index in [0.29, 0.717) is 23.4 Å². The average molecular weight is 528 g/mol.